The van der Waals surface area contributed by atoms with Crippen molar-refractivity contribution in [2.45, 2.75) is 18.0 Å². The summed E-state index contributed by atoms with van der Waals surface area (Å²) in [6, 6.07) is 6.00. The number of nitrogens with zero attached hydrogens (tertiary/aromatic N) is 2. The Morgan fingerprint density at radius 2 is 2.07 bits per heavy atom. The second kappa shape index (κ2) is 7.23. The lowest BCUT2D eigenvalue weighted by Gasteiger charge is -2.28. The molecule has 2 N–H and O–H groups in total. The molecule has 2 aromatic rings. The highest BCUT2D eigenvalue weighted by molar-refractivity contribution is 7.98. The van der Waals surface area contributed by atoms with Crippen LogP contribution in [0.15, 0.2) is 45.5 Å². The topological polar surface area (TPSA) is 127 Å². The number of H-pyrrole nitrogens is 1. The van der Waals surface area contributed by atoms with Crippen LogP contribution < -0.4 is 10.9 Å². The molecule has 0 aliphatic carbocycles. The fourth-order valence-electron chi connectivity index (χ4n) is 3.12. The third-order valence-corrected chi connectivity index (χ3v) is 4.84. The molecule has 0 amide bonds. The Bertz CT molecular complexity index is 1030. The molecule has 1 aromatic carbocycles. The zero-order valence-electron chi connectivity index (χ0n) is 14.7. The Balaban J connectivity index is 2.37. The zero-order valence-corrected chi connectivity index (χ0v) is 15.5. The summed E-state index contributed by atoms with van der Waals surface area (Å²) in [6.45, 7) is 1.64. The molecule has 0 fully saturated rings. The second-order valence-corrected chi connectivity index (χ2v) is 6.54. The molecule has 10 heteroatoms. The van der Waals surface area contributed by atoms with Gasteiger partial charge in [0.05, 0.1) is 29.1 Å². The average molecular weight is 388 g/mol. The number of nitro groups is 1. The quantitative estimate of drug-likeness (QED) is 0.269. The monoisotopic (exact) mass is 388 g/mol. The van der Waals surface area contributed by atoms with Gasteiger partial charge in [0.25, 0.3) is 11.2 Å². The Hall–Kier alpha value is -3.14. The maximum atomic E-state index is 12.8. The number of esters is 1. The first-order valence-corrected chi connectivity index (χ1v) is 9.09. The summed E-state index contributed by atoms with van der Waals surface area (Å²) in [7, 11) is 1.22. The maximum Gasteiger partial charge on any atom is 0.336 e. The molecule has 0 unspecified atom stereocenters. The number of thioether (sulfide) groups is 1. The molecule has 0 saturated carbocycles. The van der Waals surface area contributed by atoms with Crippen molar-refractivity contribution >= 4 is 29.2 Å². The minimum atomic E-state index is -0.984. The largest absolute Gasteiger partial charge is 0.466 e. The minimum Gasteiger partial charge on any atom is -0.466 e. The van der Waals surface area contributed by atoms with Gasteiger partial charge in [-0.25, -0.2) is 9.78 Å². The van der Waals surface area contributed by atoms with Gasteiger partial charge in [-0.05, 0) is 13.2 Å². The van der Waals surface area contributed by atoms with Crippen LogP contribution in [0.25, 0.3) is 0 Å². The standard InChI is InChI=1S/C17H16N4O5S/c1-8-11(16(23)26-2)12(9-6-4-5-7-10(9)21(24)25)13-14(18-8)19-17(27-3)20-15(13)22/h4-7,12H,1-3H3,(H2,18,19,20,22)/t12-/m1/s1. The van der Waals surface area contributed by atoms with Crippen LogP contribution >= 0.6 is 11.8 Å². The molecule has 0 saturated heterocycles. The number of allylic oxidation sites excluding steroid dienone is 1. The van der Waals surface area contributed by atoms with Gasteiger partial charge in [0, 0.05) is 17.3 Å². The van der Waals surface area contributed by atoms with Crippen molar-refractivity contribution in [1.82, 2.24) is 9.97 Å². The van der Waals surface area contributed by atoms with Gasteiger partial charge in [-0.15, -0.1) is 0 Å². The third-order valence-electron chi connectivity index (χ3n) is 4.26. The van der Waals surface area contributed by atoms with E-state index in [2.05, 4.69) is 15.3 Å². The molecule has 27 heavy (non-hydrogen) atoms. The van der Waals surface area contributed by atoms with Gasteiger partial charge < -0.3 is 15.0 Å². The van der Waals surface area contributed by atoms with Crippen LogP contribution in [-0.2, 0) is 9.53 Å². The third kappa shape index (κ3) is 3.19. The average Bonchev–Trinajstić information content (AvgIpc) is 2.65. The highest BCUT2D eigenvalue weighted by Crippen LogP contribution is 2.42. The van der Waals surface area contributed by atoms with Crippen molar-refractivity contribution in [1.29, 1.82) is 0 Å². The number of rotatable bonds is 4. The van der Waals surface area contributed by atoms with E-state index in [1.807, 2.05) is 0 Å². The second-order valence-electron chi connectivity index (χ2n) is 5.74. The van der Waals surface area contributed by atoms with Crippen molar-refractivity contribution in [2.24, 2.45) is 0 Å². The fraction of sp³-hybridized carbons (Fsp3) is 0.235. The first-order chi connectivity index (χ1) is 12.9. The molecule has 3 rings (SSSR count). The molecule has 1 aromatic heterocycles. The number of nitro benzene ring substituents is 1. The zero-order chi connectivity index (χ0) is 19.7. The lowest BCUT2D eigenvalue weighted by atomic mass is 9.81. The maximum absolute atomic E-state index is 12.8. The number of ether oxygens (including phenoxy) is 1. The smallest absolute Gasteiger partial charge is 0.336 e. The van der Waals surface area contributed by atoms with E-state index in [-0.39, 0.29) is 28.2 Å². The van der Waals surface area contributed by atoms with Crippen molar-refractivity contribution in [3.05, 3.63) is 67.1 Å². The number of methoxy groups -OCH3 is 1. The lowest BCUT2D eigenvalue weighted by Crippen LogP contribution is -2.31. The molecule has 9 nitrogen and oxygen atoms in total. The molecular weight excluding hydrogens is 372 g/mol. The molecule has 0 bridgehead atoms. The number of fused-ring (bicyclic) bond motifs is 1. The minimum absolute atomic E-state index is 0.128. The van der Waals surface area contributed by atoms with Crippen LogP contribution in [0.2, 0.25) is 0 Å². The molecule has 1 aliphatic rings. The molecule has 1 aliphatic heterocycles. The van der Waals surface area contributed by atoms with Gasteiger partial charge >= 0.3 is 5.97 Å². The first kappa shape index (κ1) is 18.6. The number of carbonyl (C=O) groups is 1. The van der Waals surface area contributed by atoms with Crippen LogP contribution in [0, 0.1) is 10.1 Å². The van der Waals surface area contributed by atoms with Crippen LogP contribution in [0.5, 0.6) is 0 Å². The normalized spacial score (nSPS) is 15.7. The highest BCUT2D eigenvalue weighted by atomic mass is 32.2. The van der Waals surface area contributed by atoms with Gasteiger partial charge in [0.1, 0.15) is 5.82 Å². The van der Waals surface area contributed by atoms with E-state index < -0.39 is 22.4 Å². The number of carbonyl (C=O) groups excluding carboxylic acids is 1. The van der Waals surface area contributed by atoms with Gasteiger partial charge in [-0.1, -0.05) is 30.0 Å². The van der Waals surface area contributed by atoms with Crippen LogP contribution in [0.3, 0.4) is 0 Å². The van der Waals surface area contributed by atoms with E-state index in [1.165, 1.54) is 37.1 Å². The van der Waals surface area contributed by atoms with Crippen LogP contribution in [0.1, 0.15) is 24.0 Å². The molecule has 1 atom stereocenters. The Morgan fingerprint density at radius 1 is 1.37 bits per heavy atom. The van der Waals surface area contributed by atoms with Crippen molar-refractivity contribution in [3.63, 3.8) is 0 Å². The summed E-state index contributed by atoms with van der Waals surface area (Å²) < 4.78 is 4.87. The number of aromatic amines is 1. The Labute approximate surface area is 158 Å². The summed E-state index contributed by atoms with van der Waals surface area (Å²) in [6.07, 6.45) is 1.76. The molecule has 0 radical (unpaired) electrons. The Kier molecular flexibility index (Phi) is 5.00. The number of para-hydroxylation sites is 1. The predicted octanol–water partition coefficient (Wildman–Crippen LogP) is 2.40. The molecule has 0 spiro atoms. The van der Waals surface area contributed by atoms with E-state index in [0.717, 1.165) is 0 Å². The fourth-order valence-corrected chi connectivity index (χ4v) is 3.49. The van der Waals surface area contributed by atoms with E-state index in [0.29, 0.717) is 10.9 Å². The van der Waals surface area contributed by atoms with Gasteiger partial charge in [0.15, 0.2) is 5.16 Å². The van der Waals surface area contributed by atoms with E-state index in [4.69, 9.17) is 4.74 Å². The van der Waals surface area contributed by atoms with Crippen LogP contribution in [0.4, 0.5) is 11.5 Å². The predicted molar refractivity (Wildman–Crippen MR) is 99.9 cm³/mol. The van der Waals surface area contributed by atoms with E-state index >= 15 is 0 Å². The number of hydrogen-bond acceptors (Lipinski definition) is 8. The summed E-state index contributed by atoms with van der Waals surface area (Å²) in [5, 5.41) is 14.9. The van der Waals surface area contributed by atoms with Gasteiger partial charge in [-0.2, -0.15) is 0 Å². The number of hydrogen-bond donors (Lipinski definition) is 2. The van der Waals surface area contributed by atoms with Crippen molar-refractivity contribution < 1.29 is 14.5 Å². The van der Waals surface area contributed by atoms with Gasteiger partial charge in [0.2, 0.25) is 0 Å². The van der Waals surface area contributed by atoms with Crippen molar-refractivity contribution in [2.75, 3.05) is 18.7 Å². The van der Waals surface area contributed by atoms with Crippen LogP contribution in [-0.4, -0.2) is 34.2 Å². The summed E-state index contributed by atoms with van der Waals surface area (Å²) in [5.74, 6) is -1.40. The number of benzene rings is 1. The lowest BCUT2D eigenvalue weighted by molar-refractivity contribution is -0.385. The van der Waals surface area contributed by atoms with E-state index in [9.17, 15) is 19.7 Å². The number of anilines is 1. The molecule has 2 heterocycles. The molecule has 140 valence electrons. The SMILES string of the molecule is COC(=O)C1=C(C)Nc2nc(SC)[nH]c(=O)c2[C@@H]1c1ccccc1[N+](=O)[O-]. The number of nitrogens with one attached hydrogen (secondary N) is 2. The summed E-state index contributed by atoms with van der Waals surface area (Å²) >= 11 is 1.25. The van der Waals surface area contributed by atoms with Crippen molar-refractivity contribution in [3.8, 4) is 0 Å². The highest BCUT2D eigenvalue weighted by Gasteiger charge is 2.39. The molecular formula is C17H16N4O5S. The summed E-state index contributed by atoms with van der Waals surface area (Å²) in [4.78, 5) is 43.2. The number of aromatic nitrogens is 2. The Morgan fingerprint density at radius 3 is 2.70 bits per heavy atom. The van der Waals surface area contributed by atoms with Gasteiger partial charge in [-0.3, -0.25) is 14.9 Å². The summed E-state index contributed by atoms with van der Waals surface area (Å²) in [5.41, 5.74) is 0.222. The van der Waals surface area contributed by atoms with E-state index in [1.54, 1.807) is 19.2 Å². The first-order valence-electron chi connectivity index (χ1n) is 7.86.